The van der Waals surface area contributed by atoms with E-state index in [1.54, 1.807) is 0 Å². The van der Waals surface area contributed by atoms with E-state index in [1.807, 2.05) is 35.6 Å². The summed E-state index contributed by atoms with van der Waals surface area (Å²) < 4.78 is 7.63. The smallest absolute Gasteiger partial charge is 0.164 e. The number of rotatable bonds is 5. The fourth-order valence-electron chi connectivity index (χ4n) is 7.91. The van der Waals surface area contributed by atoms with Crippen LogP contribution in [0.4, 0.5) is 0 Å². The van der Waals surface area contributed by atoms with Crippen LogP contribution in [0.2, 0.25) is 0 Å². The van der Waals surface area contributed by atoms with Crippen molar-refractivity contribution >= 4 is 60.2 Å². The number of para-hydroxylation sites is 1. The summed E-state index contributed by atoms with van der Waals surface area (Å²) >= 11 is 1.94. The van der Waals surface area contributed by atoms with Crippen LogP contribution in [-0.4, -0.2) is 15.0 Å². The summed E-state index contributed by atoms with van der Waals surface area (Å²) in [6, 6.07) is 53.2. The van der Waals surface area contributed by atoms with Crippen LogP contribution in [0.25, 0.3) is 105 Å². The molecule has 0 saturated heterocycles. The van der Waals surface area contributed by atoms with Crippen molar-refractivity contribution in [3.63, 3.8) is 0 Å². The van der Waals surface area contributed by atoms with E-state index in [0.29, 0.717) is 17.5 Å². The number of nitrogens with zero attached hydrogens (tertiary/aromatic N) is 3. The summed E-state index contributed by atoms with van der Waals surface area (Å²) in [6.07, 6.45) is 6.80. The average Bonchev–Trinajstić information content (AvgIpc) is 3.82. The first-order valence-electron chi connectivity index (χ1n) is 18.3. The second-order valence-electron chi connectivity index (χ2n) is 13.9. The molecule has 0 bridgehead atoms. The molecular weight excluding hydrogens is 679 g/mol. The third-order valence-corrected chi connectivity index (χ3v) is 11.9. The zero-order valence-electron chi connectivity index (χ0n) is 29.2. The van der Waals surface area contributed by atoms with Gasteiger partial charge in [0.05, 0.1) is 0 Å². The SMILES string of the molecule is C1=Cc2c(sc3c(-c4ccc(-c5nc(-c6ccc7ccccc7c6)nc(-c6ccc7c(c6)oc6ccccc67)n5)cc4-c4ccccc4)cccc23)CC1. The Hall–Kier alpha value is -6.69. The van der Waals surface area contributed by atoms with Gasteiger partial charge in [0.15, 0.2) is 17.5 Å². The van der Waals surface area contributed by atoms with Gasteiger partial charge in [0.1, 0.15) is 11.2 Å². The lowest BCUT2D eigenvalue weighted by atomic mass is 9.91. The number of thiophene rings is 1. The van der Waals surface area contributed by atoms with Gasteiger partial charge in [0.25, 0.3) is 0 Å². The van der Waals surface area contributed by atoms with Gasteiger partial charge < -0.3 is 4.42 Å². The van der Waals surface area contributed by atoms with E-state index in [9.17, 15) is 0 Å². The van der Waals surface area contributed by atoms with Crippen molar-refractivity contribution in [2.45, 2.75) is 12.8 Å². The molecule has 0 amide bonds. The first-order valence-corrected chi connectivity index (χ1v) is 19.1. The van der Waals surface area contributed by atoms with E-state index in [4.69, 9.17) is 19.4 Å². The van der Waals surface area contributed by atoms with Gasteiger partial charge in [-0.3, -0.25) is 0 Å². The molecule has 54 heavy (non-hydrogen) atoms. The zero-order chi connectivity index (χ0) is 35.6. The molecule has 0 unspecified atom stereocenters. The Bertz CT molecular complexity index is 3120. The molecule has 0 spiro atoms. The van der Waals surface area contributed by atoms with Crippen molar-refractivity contribution in [2.75, 3.05) is 0 Å². The molecule has 1 aliphatic rings. The minimum absolute atomic E-state index is 0.595. The van der Waals surface area contributed by atoms with Gasteiger partial charge in [0, 0.05) is 48.0 Å². The van der Waals surface area contributed by atoms with E-state index in [1.165, 1.54) is 37.0 Å². The van der Waals surface area contributed by atoms with Crippen molar-refractivity contribution < 1.29 is 4.42 Å². The number of hydrogen-bond acceptors (Lipinski definition) is 5. The Balaban J connectivity index is 1.12. The van der Waals surface area contributed by atoms with E-state index in [0.717, 1.165) is 68.0 Å². The first kappa shape index (κ1) is 30.9. The van der Waals surface area contributed by atoms with Crippen LogP contribution >= 0.6 is 11.3 Å². The van der Waals surface area contributed by atoms with Crippen molar-refractivity contribution in [2.24, 2.45) is 0 Å². The van der Waals surface area contributed by atoms with Crippen LogP contribution in [0, 0.1) is 0 Å². The molecule has 11 rings (SSSR count). The normalized spacial score (nSPS) is 12.6. The quantitative estimate of drug-likeness (QED) is 0.178. The lowest BCUT2D eigenvalue weighted by molar-refractivity contribution is 0.669. The van der Waals surface area contributed by atoms with Crippen molar-refractivity contribution in [1.82, 2.24) is 15.0 Å². The average molecular weight is 710 g/mol. The minimum atomic E-state index is 0.595. The monoisotopic (exact) mass is 709 g/mol. The molecule has 5 heteroatoms. The maximum Gasteiger partial charge on any atom is 0.164 e. The summed E-state index contributed by atoms with van der Waals surface area (Å²) in [4.78, 5) is 16.9. The summed E-state index contributed by atoms with van der Waals surface area (Å²) in [5, 5.41) is 5.80. The summed E-state index contributed by atoms with van der Waals surface area (Å²) in [5.41, 5.74) is 10.5. The highest BCUT2D eigenvalue weighted by Crippen LogP contribution is 2.44. The lowest BCUT2D eigenvalue weighted by Gasteiger charge is -2.14. The first-order chi connectivity index (χ1) is 26.7. The highest BCUT2D eigenvalue weighted by Gasteiger charge is 2.20. The molecule has 254 valence electrons. The van der Waals surface area contributed by atoms with Gasteiger partial charge in [-0.15, -0.1) is 11.3 Å². The second-order valence-corrected chi connectivity index (χ2v) is 15.0. The van der Waals surface area contributed by atoms with Gasteiger partial charge >= 0.3 is 0 Å². The van der Waals surface area contributed by atoms with E-state index < -0.39 is 0 Å². The Morgan fingerprint density at radius 3 is 2.02 bits per heavy atom. The largest absolute Gasteiger partial charge is 0.456 e. The number of hydrogen-bond donors (Lipinski definition) is 0. The van der Waals surface area contributed by atoms with Crippen LogP contribution in [-0.2, 0) is 6.42 Å². The Kier molecular flexibility index (Phi) is 7.13. The predicted octanol–water partition coefficient (Wildman–Crippen LogP) is 13.4. The van der Waals surface area contributed by atoms with Gasteiger partial charge in [-0.1, -0.05) is 133 Å². The number of benzene rings is 7. The molecule has 0 saturated carbocycles. The molecule has 7 aromatic carbocycles. The van der Waals surface area contributed by atoms with Gasteiger partial charge in [0.2, 0.25) is 0 Å². The number of aryl methyl sites for hydroxylation is 1. The van der Waals surface area contributed by atoms with Crippen molar-refractivity contribution in [1.29, 1.82) is 0 Å². The van der Waals surface area contributed by atoms with Crippen molar-refractivity contribution in [3.05, 3.63) is 168 Å². The molecular formula is C49H31N3OS. The zero-order valence-corrected chi connectivity index (χ0v) is 30.0. The maximum atomic E-state index is 6.30. The topological polar surface area (TPSA) is 51.8 Å². The molecule has 0 N–H and O–H groups in total. The van der Waals surface area contributed by atoms with Crippen LogP contribution in [0.3, 0.4) is 0 Å². The van der Waals surface area contributed by atoms with Gasteiger partial charge in [-0.2, -0.15) is 0 Å². The standard InChI is InChI=1S/C49H31N3OS/c1-2-12-31(13-3-1)42-28-34(23-25-36(42)40-17-10-18-41-39-16-7-9-20-45(39)54-46(40)41)48-50-47(33-22-21-30-11-4-5-14-32(30)27-33)51-49(52-48)35-24-26-38-37-15-6-8-19-43(37)53-44(38)29-35/h1-8,10-19,21-29H,9,20H2. The van der Waals surface area contributed by atoms with E-state index >= 15 is 0 Å². The van der Waals surface area contributed by atoms with Crippen LogP contribution in [0.5, 0.6) is 0 Å². The molecule has 0 fully saturated rings. The lowest BCUT2D eigenvalue weighted by Crippen LogP contribution is -2.00. The van der Waals surface area contributed by atoms with Gasteiger partial charge in [-0.25, -0.2) is 15.0 Å². The van der Waals surface area contributed by atoms with Crippen molar-refractivity contribution in [3.8, 4) is 56.4 Å². The minimum Gasteiger partial charge on any atom is -0.456 e. The molecule has 10 aromatic rings. The number of fused-ring (bicyclic) bond motifs is 7. The van der Waals surface area contributed by atoms with Crippen LogP contribution in [0.15, 0.2) is 162 Å². The third kappa shape index (κ3) is 5.16. The fraction of sp³-hybridized carbons (Fsp3) is 0.0408. The molecule has 3 aromatic heterocycles. The fourth-order valence-corrected chi connectivity index (χ4v) is 9.25. The third-order valence-electron chi connectivity index (χ3n) is 10.6. The predicted molar refractivity (Wildman–Crippen MR) is 225 cm³/mol. The van der Waals surface area contributed by atoms with E-state index in [-0.39, 0.29) is 0 Å². The molecule has 4 nitrogen and oxygen atoms in total. The molecule has 0 aliphatic heterocycles. The van der Waals surface area contributed by atoms with E-state index in [2.05, 4.69) is 140 Å². The van der Waals surface area contributed by atoms with Crippen LogP contribution < -0.4 is 0 Å². The highest BCUT2D eigenvalue weighted by atomic mass is 32.1. The Morgan fingerprint density at radius 1 is 0.463 bits per heavy atom. The summed E-state index contributed by atoms with van der Waals surface area (Å²) in [5.74, 6) is 1.84. The van der Waals surface area contributed by atoms with Gasteiger partial charge in [-0.05, 0) is 76.2 Å². The number of allylic oxidation sites excluding steroid dienone is 1. The second kappa shape index (κ2) is 12.5. The molecule has 0 atom stereocenters. The number of furan rings is 1. The Labute approximate surface area is 315 Å². The highest BCUT2D eigenvalue weighted by molar-refractivity contribution is 7.20. The molecule has 3 heterocycles. The number of aromatic nitrogens is 3. The summed E-state index contributed by atoms with van der Waals surface area (Å²) in [6.45, 7) is 0. The molecule has 1 aliphatic carbocycles. The van der Waals surface area contributed by atoms with Crippen LogP contribution in [0.1, 0.15) is 16.9 Å². The molecule has 0 radical (unpaired) electrons. The Morgan fingerprint density at radius 2 is 1.15 bits per heavy atom. The summed E-state index contributed by atoms with van der Waals surface area (Å²) in [7, 11) is 0. The maximum absolute atomic E-state index is 6.30.